The highest BCUT2D eigenvalue weighted by Crippen LogP contribution is 2.56. The first-order chi connectivity index (χ1) is 14.4. The maximum atomic E-state index is 13.3. The molecule has 2 aliphatic carbocycles. The van der Waals surface area contributed by atoms with Crippen LogP contribution in [0.25, 0.3) is 0 Å². The molecule has 2 fully saturated rings. The number of aryl methyl sites for hydroxylation is 1. The molecule has 2 aromatic carbocycles. The standard InChI is InChI=1S/C24H21ClN2O3/c1-12-7-8-15(25)11-18(12)26-22(28)16-5-3-4-6-19(16)27-23(29)20-14-9-13(2)17(10-14)21(20)24(27)30/h3-9,11,14,17,20-21H,10H2,1-2H3,(H,26,28)/t14-,17+,20+,21+/m0/s1. The lowest BCUT2D eigenvalue weighted by molar-refractivity contribution is -0.123. The summed E-state index contributed by atoms with van der Waals surface area (Å²) in [6.45, 7) is 3.91. The third-order valence-corrected chi connectivity index (χ3v) is 6.95. The van der Waals surface area contributed by atoms with Gasteiger partial charge in [0.2, 0.25) is 11.8 Å². The van der Waals surface area contributed by atoms with Gasteiger partial charge in [0.25, 0.3) is 5.91 Å². The van der Waals surface area contributed by atoms with Crippen LogP contribution in [0.2, 0.25) is 5.02 Å². The summed E-state index contributed by atoms with van der Waals surface area (Å²) in [7, 11) is 0. The summed E-state index contributed by atoms with van der Waals surface area (Å²) in [6.07, 6.45) is 3.02. The van der Waals surface area contributed by atoms with Gasteiger partial charge >= 0.3 is 0 Å². The molecule has 6 heteroatoms. The zero-order valence-electron chi connectivity index (χ0n) is 16.7. The van der Waals surface area contributed by atoms with Gasteiger partial charge in [-0.25, -0.2) is 4.90 Å². The number of rotatable bonds is 3. The molecule has 1 N–H and O–H groups in total. The molecule has 0 unspecified atom stereocenters. The second kappa shape index (κ2) is 6.81. The van der Waals surface area contributed by atoms with E-state index < -0.39 is 0 Å². The van der Waals surface area contributed by atoms with E-state index in [0.29, 0.717) is 16.4 Å². The molecule has 0 radical (unpaired) electrons. The monoisotopic (exact) mass is 420 g/mol. The van der Waals surface area contributed by atoms with Gasteiger partial charge in [-0.05, 0) is 61.9 Å². The number of fused-ring (bicyclic) bond motifs is 5. The Labute approximate surface area is 179 Å². The highest BCUT2D eigenvalue weighted by atomic mass is 35.5. The molecule has 1 saturated carbocycles. The Kier molecular flexibility index (Phi) is 4.33. The maximum absolute atomic E-state index is 13.3. The number of hydrogen-bond donors (Lipinski definition) is 1. The highest BCUT2D eigenvalue weighted by Gasteiger charge is 2.61. The quantitative estimate of drug-likeness (QED) is 0.582. The fourth-order valence-corrected chi connectivity index (χ4v) is 5.46. The number of hydrogen-bond acceptors (Lipinski definition) is 3. The molecule has 152 valence electrons. The molecule has 2 bridgehead atoms. The normalized spacial score (nSPS) is 26.8. The highest BCUT2D eigenvalue weighted by molar-refractivity contribution is 6.31. The van der Waals surface area contributed by atoms with Crippen molar-refractivity contribution in [2.75, 3.05) is 10.2 Å². The SMILES string of the molecule is CC1=C[C@H]2C[C@H]1[C@H]1C(=O)N(c3ccccc3C(=O)Nc3cc(Cl)ccc3C)C(=O)[C@@H]12. The Morgan fingerprint density at radius 2 is 1.80 bits per heavy atom. The van der Waals surface area contributed by atoms with Gasteiger partial charge in [0, 0.05) is 10.7 Å². The van der Waals surface area contributed by atoms with Crippen LogP contribution in [0.3, 0.4) is 0 Å². The van der Waals surface area contributed by atoms with E-state index in [9.17, 15) is 14.4 Å². The van der Waals surface area contributed by atoms with Crippen LogP contribution in [0.4, 0.5) is 11.4 Å². The lowest BCUT2D eigenvalue weighted by atomic mass is 9.82. The molecular formula is C24H21ClN2O3. The summed E-state index contributed by atoms with van der Waals surface area (Å²) in [5, 5.41) is 3.38. The van der Waals surface area contributed by atoms with Crippen molar-refractivity contribution in [1.29, 1.82) is 0 Å². The molecule has 0 aromatic heterocycles. The van der Waals surface area contributed by atoms with Gasteiger partial charge in [-0.15, -0.1) is 0 Å². The third-order valence-electron chi connectivity index (χ3n) is 6.72. The number of imide groups is 1. The van der Waals surface area contributed by atoms with Crippen molar-refractivity contribution in [2.24, 2.45) is 23.7 Å². The molecule has 5 rings (SSSR count). The van der Waals surface area contributed by atoms with Gasteiger partial charge in [0.05, 0.1) is 23.1 Å². The van der Waals surface area contributed by atoms with Crippen LogP contribution in [0, 0.1) is 30.6 Å². The number of nitrogens with zero attached hydrogens (tertiary/aromatic N) is 1. The molecule has 1 heterocycles. The lowest BCUT2D eigenvalue weighted by Gasteiger charge is -2.21. The molecule has 30 heavy (non-hydrogen) atoms. The Bertz CT molecular complexity index is 1140. The molecule has 1 aliphatic heterocycles. The molecule has 5 nitrogen and oxygen atoms in total. The van der Waals surface area contributed by atoms with E-state index >= 15 is 0 Å². The third kappa shape index (κ3) is 2.72. The first kappa shape index (κ1) is 19.1. The van der Waals surface area contributed by atoms with Gasteiger partial charge in [-0.3, -0.25) is 14.4 Å². The largest absolute Gasteiger partial charge is 0.322 e. The predicted octanol–water partition coefficient (Wildman–Crippen LogP) is 4.60. The number of halogens is 1. The van der Waals surface area contributed by atoms with Crippen molar-refractivity contribution in [3.8, 4) is 0 Å². The minimum absolute atomic E-state index is 0.122. The van der Waals surface area contributed by atoms with Crippen molar-refractivity contribution in [2.45, 2.75) is 20.3 Å². The van der Waals surface area contributed by atoms with Crippen molar-refractivity contribution in [1.82, 2.24) is 0 Å². The maximum Gasteiger partial charge on any atom is 0.257 e. The topological polar surface area (TPSA) is 66.5 Å². The Hall–Kier alpha value is -2.92. The second-order valence-electron chi connectivity index (χ2n) is 8.41. The van der Waals surface area contributed by atoms with Crippen LogP contribution in [-0.4, -0.2) is 17.7 Å². The van der Waals surface area contributed by atoms with Crippen molar-refractivity contribution < 1.29 is 14.4 Å². The minimum atomic E-state index is -0.383. The number of carbonyl (C=O) groups excluding carboxylic acids is 3. The fraction of sp³-hybridized carbons (Fsp3) is 0.292. The number of para-hydroxylation sites is 1. The number of allylic oxidation sites excluding steroid dienone is 2. The number of amides is 3. The number of carbonyl (C=O) groups is 3. The summed E-state index contributed by atoms with van der Waals surface area (Å²) in [5.74, 6) is -1.13. The predicted molar refractivity (Wildman–Crippen MR) is 115 cm³/mol. The van der Waals surface area contributed by atoms with Crippen molar-refractivity contribution in [3.63, 3.8) is 0 Å². The molecule has 3 aliphatic rings. The van der Waals surface area contributed by atoms with Gasteiger partial charge in [-0.1, -0.05) is 41.4 Å². The van der Waals surface area contributed by atoms with E-state index in [1.165, 1.54) is 10.5 Å². The van der Waals surface area contributed by atoms with Crippen molar-refractivity contribution >= 4 is 40.7 Å². The Morgan fingerprint density at radius 3 is 2.60 bits per heavy atom. The Balaban J connectivity index is 1.49. The van der Waals surface area contributed by atoms with Crippen LogP contribution in [0.15, 0.2) is 54.1 Å². The van der Waals surface area contributed by atoms with Gasteiger partial charge in [-0.2, -0.15) is 0 Å². The molecule has 2 aromatic rings. The van der Waals surface area contributed by atoms with Crippen LogP contribution < -0.4 is 10.2 Å². The second-order valence-corrected chi connectivity index (χ2v) is 8.85. The fourth-order valence-electron chi connectivity index (χ4n) is 5.29. The Morgan fingerprint density at radius 1 is 1.07 bits per heavy atom. The van der Waals surface area contributed by atoms with E-state index in [2.05, 4.69) is 11.4 Å². The zero-order valence-corrected chi connectivity index (χ0v) is 17.4. The van der Waals surface area contributed by atoms with E-state index in [1.807, 2.05) is 19.9 Å². The van der Waals surface area contributed by atoms with E-state index in [0.717, 1.165) is 12.0 Å². The molecule has 1 saturated heterocycles. The molecular weight excluding hydrogens is 400 g/mol. The molecule has 3 amide bonds. The average Bonchev–Trinajstić information content (AvgIpc) is 3.35. The summed E-state index contributed by atoms with van der Waals surface area (Å²) in [6, 6.07) is 12.0. The van der Waals surface area contributed by atoms with Crippen LogP contribution in [-0.2, 0) is 9.59 Å². The minimum Gasteiger partial charge on any atom is -0.322 e. The number of anilines is 2. The first-order valence-electron chi connectivity index (χ1n) is 10.1. The summed E-state index contributed by atoms with van der Waals surface area (Å²) < 4.78 is 0. The average molecular weight is 421 g/mol. The number of nitrogens with one attached hydrogen (secondary N) is 1. The van der Waals surface area contributed by atoms with E-state index in [4.69, 9.17) is 11.6 Å². The summed E-state index contributed by atoms with van der Waals surface area (Å²) in [5.41, 5.74) is 3.29. The van der Waals surface area contributed by atoms with Crippen LogP contribution >= 0.6 is 11.6 Å². The number of benzene rings is 2. The van der Waals surface area contributed by atoms with E-state index in [1.54, 1.807) is 36.4 Å². The van der Waals surface area contributed by atoms with Crippen LogP contribution in [0.1, 0.15) is 29.3 Å². The van der Waals surface area contributed by atoms with Crippen LogP contribution in [0.5, 0.6) is 0 Å². The van der Waals surface area contributed by atoms with Gasteiger partial charge in [0.15, 0.2) is 0 Å². The molecule has 0 spiro atoms. The summed E-state index contributed by atoms with van der Waals surface area (Å²) >= 11 is 6.07. The van der Waals surface area contributed by atoms with E-state index in [-0.39, 0.29) is 47.0 Å². The first-order valence-corrected chi connectivity index (χ1v) is 10.5. The molecule has 4 atom stereocenters. The van der Waals surface area contributed by atoms with Gasteiger partial charge in [0.1, 0.15) is 0 Å². The summed E-state index contributed by atoms with van der Waals surface area (Å²) in [4.78, 5) is 40.9. The van der Waals surface area contributed by atoms with Gasteiger partial charge < -0.3 is 5.32 Å². The lowest BCUT2D eigenvalue weighted by Crippen LogP contribution is -2.34. The zero-order chi connectivity index (χ0) is 21.2. The van der Waals surface area contributed by atoms with Crippen molar-refractivity contribution in [3.05, 3.63) is 70.3 Å². The smallest absolute Gasteiger partial charge is 0.257 e.